The first-order chi connectivity index (χ1) is 21.8. The van der Waals surface area contributed by atoms with Gasteiger partial charge < -0.3 is 9.32 Å². The van der Waals surface area contributed by atoms with Gasteiger partial charge in [-0.15, -0.1) is 0 Å². The van der Waals surface area contributed by atoms with E-state index in [0.717, 1.165) is 39.0 Å². The topological polar surface area (TPSA) is 16.4 Å². The van der Waals surface area contributed by atoms with Crippen LogP contribution in [0.1, 0.15) is 0 Å². The zero-order valence-corrected chi connectivity index (χ0v) is 23.9. The first-order valence-electron chi connectivity index (χ1n) is 15.0. The summed E-state index contributed by atoms with van der Waals surface area (Å²) in [5, 5.41) is 9.84. The normalized spacial score (nSPS) is 11.6. The molecule has 0 aliphatic heterocycles. The Morgan fingerprint density at radius 1 is 0.295 bits per heavy atom. The van der Waals surface area contributed by atoms with Crippen LogP contribution in [0.15, 0.2) is 168 Å². The van der Waals surface area contributed by atoms with E-state index < -0.39 is 0 Å². The Morgan fingerprint density at radius 2 is 0.795 bits per heavy atom. The van der Waals surface area contributed by atoms with Gasteiger partial charge in [-0.05, 0) is 85.9 Å². The fourth-order valence-corrected chi connectivity index (χ4v) is 6.79. The molecule has 1 heterocycles. The van der Waals surface area contributed by atoms with E-state index in [1.807, 2.05) is 12.1 Å². The van der Waals surface area contributed by atoms with Crippen molar-refractivity contribution in [2.75, 3.05) is 4.90 Å². The molecule has 2 heteroatoms. The predicted octanol–water partition coefficient (Wildman–Crippen LogP) is 12.2. The van der Waals surface area contributed by atoms with E-state index in [1.165, 1.54) is 43.4 Å². The number of hydrogen-bond acceptors (Lipinski definition) is 2. The molecule has 0 spiro atoms. The van der Waals surface area contributed by atoms with Crippen molar-refractivity contribution in [2.45, 2.75) is 0 Å². The third kappa shape index (κ3) is 3.89. The quantitative estimate of drug-likeness (QED) is 0.199. The molecule has 0 fully saturated rings. The van der Waals surface area contributed by atoms with E-state index in [4.69, 9.17) is 4.42 Å². The summed E-state index contributed by atoms with van der Waals surface area (Å²) >= 11 is 0. The van der Waals surface area contributed by atoms with Crippen LogP contribution >= 0.6 is 0 Å². The van der Waals surface area contributed by atoms with Gasteiger partial charge in [-0.2, -0.15) is 0 Å². The first-order valence-corrected chi connectivity index (χ1v) is 15.0. The molecule has 8 aromatic carbocycles. The molecule has 0 N–H and O–H groups in total. The van der Waals surface area contributed by atoms with Gasteiger partial charge in [0, 0.05) is 33.9 Å². The number of benzene rings is 8. The predicted molar refractivity (Wildman–Crippen MR) is 186 cm³/mol. The molecule has 0 aliphatic rings. The molecule has 9 aromatic rings. The SMILES string of the molecule is c1ccc(-c2cccc(N(c3ccc4c(c3)oc3ccccc34)c3ccc4c5ccccc5c5ccccc5c4c3)c2)cc1. The highest BCUT2D eigenvalue weighted by atomic mass is 16.3. The number of hydrogen-bond donors (Lipinski definition) is 0. The summed E-state index contributed by atoms with van der Waals surface area (Å²) in [6.07, 6.45) is 0. The van der Waals surface area contributed by atoms with Crippen LogP contribution in [0, 0.1) is 0 Å². The van der Waals surface area contributed by atoms with Crippen LogP contribution in [0.25, 0.3) is 65.4 Å². The Morgan fingerprint density at radius 3 is 1.52 bits per heavy atom. The second-order valence-corrected chi connectivity index (χ2v) is 11.4. The third-order valence-corrected chi connectivity index (χ3v) is 8.82. The molecule has 0 saturated heterocycles. The average molecular weight is 562 g/mol. The average Bonchev–Trinajstić information content (AvgIpc) is 3.47. The molecule has 0 radical (unpaired) electrons. The summed E-state index contributed by atoms with van der Waals surface area (Å²) in [7, 11) is 0. The molecular weight excluding hydrogens is 534 g/mol. The Kier molecular flexibility index (Phi) is 5.54. The molecule has 206 valence electrons. The maximum atomic E-state index is 6.36. The summed E-state index contributed by atoms with van der Waals surface area (Å²) < 4.78 is 6.36. The van der Waals surface area contributed by atoms with E-state index >= 15 is 0 Å². The molecule has 44 heavy (non-hydrogen) atoms. The standard InChI is InChI=1S/C42H27NO/c1-2-11-28(12-3-1)29-13-10-14-30(25-29)43(32-22-24-39-38-19-8-9-20-41(38)44-42(39)27-32)31-21-23-37-35-17-5-4-15-33(35)34-16-6-7-18-36(34)40(37)26-31/h1-27H. The maximum absolute atomic E-state index is 6.36. The fourth-order valence-electron chi connectivity index (χ4n) is 6.79. The molecule has 2 nitrogen and oxygen atoms in total. The van der Waals surface area contributed by atoms with Gasteiger partial charge in [0.25, 0.3) is 0 Å². The van der Waals surface area contributed by atoms with Crippen molar-refractivity contribution in [1.82, 2.24) is 0 Å². The Hall–Kier alpha value is -5.86. The van der Waals surface area contributed by atoms with Gasteiger partial charge in [0.05, 0.1) is 0 Å². The van der Waals surface area contributed by atoms with Crippen molar-refractivity contribution in [3.05, 3.63) is 164 Å². The summed E-state index contributed by atoms with van der Waals surface area (Å²) in [5.41, 5.74) is 7.38. The smallest absolute Gasteiger partial charge is 0.137 e. The van der Waals surface area contributed by atoms with Crippen LogP contribution in [0.4, 0.5) is 17.1 Å². The first kappa shape index (κ1) is 24.7. The lowest BCUT2D eigenvalue weighted by Gasteiger charge is -2.26. The highest BCUT2D eigenvalue weighted by Gasteiger charge is 2.18. The van der Waals surface area contributed by atoms with Gasteiger partial charge in [0.1, 0.15) is 11.2 Å². The zero-order valence-electron chi connectivity index (χ0n) is 23.9. The van der Waals surface area contributed by atoms with Gasteiger partial charge in [-0.1, -0.05) is 115 Å². The van der Waals surface area contributed by atoms with Gasteiger partial charge in [-0.3, -0.25) is 0 Å². The molecule has 0 saturated carbocycles. The second kappa shape index (κ2) is 9.86. The largest absolute Gasteiger partial charge is 0.456 e. The minimum Gasteiger partial charge on any atom is -0.456 e. The van der Waals surface area contributed by atoms with E-state index in [1.54, 1.807) is 0 Å². The highest BCUT2D eigenvalue weighted by Crippen LogP contribution is 2.43. The number of anilines is 3. The molecule has 0 unspecified atom stereocenters. The van der Waals surface area contributed by atoms with Crippen molar-refractivity contribution < 1.29 is 4.42 Å². The van der Waals surface area contributed by atoms with Crippen molar-refractivity contribution in [3.8, 4) is 11.1 Å². The Labute approximate surface area is 255 Å². The van der Waals surface area contributed by atoms with E-state index in [2.05, 4.69) is 157 Å². The van der Waals surface area contributed by atoms with Crippen LogP contribution in [-0.2, 0) is 0 Å². The van der Waals surface area contributed by atoms with E-state index in [9.17, 15) is 0 Å². The summed E-state index contributed by atoms with van der Waals surface area (Å²) in [5.74, 6) is 0. The van der Waals surface area contributed by atoms with Crippen LogP contribution in [-0.4, -0.2) is 0 Å². The lowest BCUT2D eigenvalue weighted by molar-refractivity contribution is 0.669. The lowest BCUT2D eigenvalue weighted by atomic mass is 9.94. The lowest BCUT2D eigenvalue weighted by Crippen LogP contribution is -2.10. The van der Waals surface area contributed by atoms with Crippen LogP contribution in [0.5, 0.6) is 0 Å². The molecule has 9 rings (SSSR count). The van der Waals surface area contributed by atoms with Gasteiger partial charge in [0.15, 0.2) is 0 Å². The van der Waals surface area contributed by atoms with Crippen LogP contribution < -0.4 is 4.90 Å². The fraction of sp³-hybridized carbons (Fsp3) is 0. The highest BCUT2D eigenvalue weighted by molar-refractivity contribution is 6.25. The van der Waals surface area contributed by atoms with Gasteiger partial charge in [0.2, 0.25) is 0 Å². The molecule has 0 aliphatic carbocycles. The zero-order chi connectivity index (χ0) is 29.0. The second-order valence-electron chi connectivity index (χ2n) is 11.4. The van der Waals surface area contributed by atoms with Crippen molar-refractivity contribution in [1.29, 1.82) is 0 Å². The summed E-state index contributed by atoms with van der Waals surface area (Å²) in [6.45, 7) is 0. The molecule has 0 atom stereocenters. The molecule has 0 amide bonds. The Balaban J connectivity index is 1.31. The van der Waals surface area contributed by atoms with E-state index in [-0.39, 0.29) is 0 Å². The minimum atomic E-state index is 0.880. The van der Waals surface area contributed by atoms with Crippen LogP contribution in [0.3, 0.4) is 0 Å². The molecular formula is C42H27NO. The monoisotopic (exact) mass is 561 g/mol. The Bertz CT molecular complexity index is 2470. The number of para-hydroxylation sites is 1. The van der Waals surface area contributed by atoms with Gasteiger partial charge in [-0.25, -0.2) is 0 Å². The number of fused-ring (bicyclic) bond motifs is 9. The van der Waals surface area contributed by atoms with Crippen molar-refractivity contribution >= 4 is 71.3 Å². The summed E-state index contributed by atoms with van der Waals surface area (Å²) in [4.78, 5) is 2.35. The number of nitrogens with zero attached hydrogens (tertiary/aromatic N) is 1. The summed E-state index contributed by atoms with van der Waals surface area (Å²) in [6, 6.07) is 58.6. The van der Waals surface area contributed by atoms with E-state index in [0.29, 0.717) is 0 Å². The number of furan rings is 1. The number of rotatable bonds is 4. The molecule has 0 bridgehead atoms. The van der Waals surface area contributed by atoms with Gasteiger partial charge >= 0.3 is 0 Å². The minimum absolute atomic E-state index is 0.880. The van der Waals surface area contributed by atoms with Crippen molar-refractivity contribution in [3.63, 3.8) is 0 Å². The van der Waals surface area contributed by atoms with Crippen molar-refractivity contribution in [2.24, 2.45) is 0 Å². The third-order valence-electron chi connectivity index (χ3n) is 8.82. The molecule has 1 aromatic heterocycles. The maximum Gasteiger partial charge on any atom is 0.137 e. The van der Waals surface area contributed by atoms with Crippen LogP contribution in [0.2, 0.25) is 0 Å².